The molecule has 1 heterocycles. The number of amides is 1. The smallest absolute Gasteiger partial charge is 0.387 e. The van der Waals surface area contributed by atoms with Gasteiger partial charge in [0.1, 0.15) is 11.6 Å². The SMILES string of the molecule is O=C(Nc1ccc([C@H]2CC[C@H](C(=O)O)CC2)cc1F)c1nnc(Nc2ccc(OC(F)F)cc2)o1. The van der Waals surface area contributed by atoms with Crippen molar-refractivity contribution in [1.29, 1.82) is 0 Å². The first-order chi connectivity index (χ1) is 16.8. The molecule has 1 saturated carbocycles. The standard InChI is InChI=1S/C23H21F3N4O5/c24-17-11-14(12-1-3-13(4-2-12)21(32)33)5-10-18(17)28-19(31)20-29-30-23(35-20)27-15-6-8-16(9-7-15)34-22(25)26/h5-13,22H,1-4H2,(H,27,30)(H,28,31)(H,32,33)/t12-,13-. The Morgan fingerprint density at radius 1 is 1.06 bits per heavy atom. The lowest BCUT2D eigenvalue weighted by Gasteiger charge is -2.26. The van der Waals surface area contributed by atoms with E-state index in [2.05, 4.69) is 25.6 Å². The molecule has 1 aliphatic carbocycles. The number of nitrogens with zero attached hydrogens (tertiary/aromatic N) is 2. The number of rotatable bonds is 8. The summed E-state index contributed by atoms with van der Waals surface area (Å²) in [6.45, 7) is -2.94. The number of carbonyl (C=O) groups excluding carboxylic acids is 1. The van der Waals surface area contributed by atoms with Gasteiger partial charge in [-0.3, -0.25) is 9.59 Å². The van der Waals surface area contributed by atoms with Crippen LogP contribution in [0.2, 0.25) is 0 Å². The van der Waals surface area contributed by atoms with Gasteiger partial charge in [0.15, 0.2) is 0 Å². The Balaban J connectivity index is 1.35. The number of hydrogen-bond donors (Lipinski definition) is 3. The zero-order valence-corrected chi connectivity index (χ0v) is 18.2. The van der Waals surface area contributed by atoms with E-state index in [-0.39, 0.29) is 29.3 Å². The Morgan fingerprint density at radius 3 is 2.40 bits per heavy atom. The molecule has 1 amide bonds. The lowest BCUT2D eigenvalue weighted by Crippen LogP contribution is -2.20. The first kappa shape index (κ1) is 24.0. The van der Waals surface area contributed by atoms with Crippen molar-refractivity contribution in [3.8, 4) is 5.75 Å². The zero-order valence-electron chi connectivity index (χ0n) is 18.2. The fourth-order valence-corrected chi connectivity index (χ4v) is 3.94. The van der Waals surface area contributed by atoms with Crippen LogP contribution in [-0.2, 0) is 4.79 Å². The molecule has 0 saturated heterocycles. The monoisotopic (exact) mass is 490 g/mol. The Labute approximate surface area is 197 Å². The molecule has 0 atom stereocenters. The average molecular weight is 490 g/mol. The number of halogens is 3. The van der Waals surface area contributed by atoms with E-state index in [4.69, 9.17) is 9.52 Å². The first-order valence-electron chi connectivity index (χ1n) is 10.8. The highest BCUT2D eigenvalue weighted by molar-refractivity contribution is 6.01. The lowest BCUT2D eigenvalue weighted by molar-refractivity contribution is -0.142. The summed E-state index contributed by atoms with van der Waals surface area (Å²) in [4.78, 5) is 23.5. The van der Waals surface area contributed by atoms with E-state index in [1.807, 2.05) is 0 Å². The van der Waals surface area contributed by atoms with Crippen LogP contribution in [0.5, 0.6) is 5.75 Å². The van der Waals surface area contributed by atoms with E-state index < -0.39 is 30.2 Å². The van der Waals surface area contributed by atoms with Gasteiger partial charge in [-0.1, -0.05) is 11.2 Å². The van der Waals surface area contributed by atoms with Crippen molar-refractivity contribution < 1.29 is 37.0 Å². The van der Waals surface area contributed by atoms with Crippen molar-refractivity contribution in [3.63, 3.8) is 0 Å². The molecular formula is C23H21F3N4O5. The number of carboxylic acids is 1. The van der Waals surface area contributed by atoms with Gasteiger partial charge in [0, 0.05) is 5.69 Å². The number of hydrogen-bond acceptors (Lipinski definition) is 7. The van der Waals surface area contributed by atoms with Crippen molar-refractivity contribution >= 4 is 29.3 Å². The maximum absolute atomic E-state index is 14.6. The molecule has 3 aromatic rings. The summed E-state index contributed by atoms with van der Waals surface area (Å²) in [5, 5.41) is 21.5. The number of ether oxygens (including phenoxy) is 1. The van der Waals surface area contributed by atoms with E-state index in [0.29, 0.717) is 31.4 Å². The highest BCUT2D eigenvalue weighted by Gasteiger charge is 2.27. The normalized spacial score (nSPS) is 17.7. The quantitative estimate of drug-likeness (QED) is 0.395. The van der Waals surface area contributed by atoms with Crippen LogP contribution in [0.15, 0.2) is 46.9 Å². The van der Waals surface area contributed by atoms with Gasteiger partial charge in [0.05, 0.1) is 11.6 Å². The predicted molar refractivity (Wildman–Crippen MR) is 117 cm³/mol. The predicted octanol–water partition coefficient (Wildman–Crippen LogP) is 5.16. The summed E-state index contributed by atoms with van der Waals surface area (Å²) in [6, 6.07) is 9.83. The Morgan fingerprint density at radius 2 is 1.77 bits per heavy atom. The minimum Gasteiger partial charge on any atom is -0.481 e. The second kappa shape index (κ2) is 10.5. The molecule has 4 rings (SSSR count). The fraction of sp³-hybridized carbons (Fsp3) is 0.304. The second-order valence-corrected chi connectivity index (χ2v) is 8.02. The summed E-state index contributed by atoms with van der Waals surface area (Å²) in [5.74, 6) is -3.00. The van der Waals surface area contributed by atoms with Gasteiger partial charge in [0.25, 0.3) is 0 Å². The average Bonchev–Trinajstić information content (AvgIpc) is 3.30. The largest absolute Gasteiger partial charge is 0.481 e. The first-order valence-corrected chi connectivity index (χ1v) is 10.8. The molecule has 1 aromatic heterocycles. The summed E-state index contributed by atoms with van der Waals surface area (Å²) in [5.41, 5.74) is 1.10. The molecule has 0 unspecified atom stereocenters. The van der Waals surface area contributed by atoms with Crippen LogP contribution in [0.25, 0.3) is 0 Å². The number of benzene rings is 2. The second-order valence-electron chi connectivity index (χ2n) is 8.02. The highest BCUT2D eigenvalue weighted by Crippen LogP contribution is 2.36. The Bertz CT molecular complexity index is 1190. The third-order valence-corrected chi connectivity index (χ3v) is 5.74. The van der Waals surface area contributed by atoms with Gasteiger partial charge in [-0.05, 0) is 73.6 Å². The van der Waals surface area contributed by atoms with Crippen LogP contribution in [0.4, 0.5) is 30.6 Å². The van der Waals surface area contributed by atoms with Gasteiger partial charge in [-0.15, -0.1) is 5.10 Å². The topological polar surface area (TPSA) is 127 Å². The molecule has 0 bridgehead atoms. The molecule has 35 heavy (non-hydrogen) atoms. The van der Waals surface area contributed by atoms with Crippen LogP contribution < -0.4 is 15.4 Å². The van der Waals surface area contributed by atoms with Gasteiger partial charge >= 0.3 is 30.4 Å². The molecule has 3 N–H and O–H groups in total. The van der Waals surface area contributed by atoms with Gasteiger partial charge < -0.3 is 24.9 Å². The van der Waals surface area contributed by atoms with Crippen molar-refractivity contribution in [2.45, 2.75) is 38.2 Å². The molecule has 184 valence electrons. The van der Waals surface area contributed by atoms with Crippen LogP contribution in [0, 0.1) is 11.7 Å². The number of alkyl halides is 2. The van der Waals surface area contributed by atoms with Crippen LogP contribution in [0.3, 0.4) is 0 Å². The maximum atomic E-state index is 14.6. The summed E-state index contributed by atoms with van der Waals surface area (Å²) >= 11 is 0. The van der Waals surface area contributed by atoms with Crippen molar-refractivity contribution in [2.24, 2.45) is 5.92 Å². The third-order valence-electron chi connectivity index (χ3n) is 5.74. The van der Waals surface area contributed by atoms with Crippen LogP contribution in [-0.4, -0.2) is 33.8 Å². The molecule has 1 aliphatic rings. The number of carbonyl (C=O) groups is 2. The van der Waals surface area contributed by atoms with Crippen LogP contribution in [0.1, 0.15) is 47.8 Å². The van der Waals surface area contributed by atoms with Gasteiger partial charge in [0.2, 0.25) is 0 Å². The number of aliphatic carboxylic acids is 1. The highest BCUT2D eigenvalue weighted by atomic mass is 19.3. The van der Waals surface area contributed by atoms with Crippen LogP contribution >= 0.6 is 0 Å². The van der Waals surface area contributed by atoms with E-state index in [1.165, 1.54) is 36.4 Å². The number of anilines is 3. The molecule has 9 nitrogen and oxygen atoms in total. The summed E-state index contributed by atoms with van der Waals surface area (Å²) < 4.78 is 48.6. The molecule has 0 aliphatic heterocycles. The number of nitrogens with one attached hydrogen (secondary N) is 2. The Kier molecular flexibility index (Phi) is 7.18. The summed E-state index contributed by atoms with van der Waals surface area (Å²) in [7, 11) is 0. The fourth-order valence-electron chi connectivity index (χ4n) is 3.94. The Hall–Kier alpha value is -4.09. The summed E-state index contributed by atoms with van der Waals surface area (Å²) in [6.07, 6.45) is 2.40. The van der Waals surface area contributed by atoms with Gasteiger partial charge in [-0.25, -0.2) is 4.39 Å². The number of aromatic nitrogens is 2. The lowest BCUT2D eigenvalue weighted by atomic mass is 9.79. The third kappa shape index (κ3) is 6.08. The molecule has 1 fully saturated rings. The molecule has 12 heteroatoms. The minimum absolute atomic E-state index is 0.0304. The van der Waals surface area contributed by atoms with E-state index in [0.717, 1.165) is 5.56 Å². The van der Waals surface area contributed by atoms with E-state index in [9.17, 15) is 22.8 Å². The minimum atomic E-state index is -2.94. The van der Waals surface area contributed by atoms with E-state index in [1.54, 1.807) is 6.07 Å². The molecule has 2 aromatic carbocycles. The maximum Gasteiger partial charge on any atom is 0.387 e. The number of carboxylic acid groups (broad SMARTS) is 1. The van der Waals surface area contributed by atoms with Crippen molar-refractivity contribution in [1.82, 2.24) is 10.2 Å². The molecule has 0 spiro atoms. The molecular weight excluding hydrogens is 469 g/mol. The van der Waals surface area contributed by atoms with Gasteiger partial charge in [-0.2, -0.15) is 8.78 Å². The van der Waals surface area contributed by atoms with Crippen molar-refractivity contribution in [3.05, 3.63) is 59.7 Å². The van der Waals surface area contributed by atoms with Crippen molar-refractivity contribution in [2.75, 3.05) is 10.6 Å². The molecule has 0 radical (unpaired) electrons. The zero-order chi connectivity index (χ0) is 24.9. The van der Waals surface area contributed by atoms with E-state index >= 15 is 0 Å².